The van der Waals surface area contributed by atoms with Gasteiger partial charge in [0.1, 0.15) is 6.04 Å². The molecule has 24 heavy (non-hydrogen) atoms. The minimum atomic E-state index is -1.05. The van der Waals surface area contributed by atoms with Gasteiger partial charge in [-0.15, -0.1) is 0 Å². The van der Waals surface area contributed by atoms with Crippen LogP contribution in [-0.4, -0.2) is 30.1 Å². The zero-order valence-electron chi connectivity index (χ0n) is 13.5. The van der Waals surface area contributed by atoms with Crippen LogP contribution in [0.4, 0.5) is 0 Å². The SMILES string of the molecule is CO[C@@H](C(=O)N[C@@H](CCc1ccccc1)C(=O)O)c1ccccc1. The van der Waals surface area contributed by atoms with Crippen LogP contribution < -0.4 is 5.32 Å². The van der Waals surface area contributed by atoms with Gasteiger partial charge in [-0.25, -0.2) is 4.79 Å². The molecule has 0 aliphatic carbocycles. The van der Waals surface area contributed by atoms with Gasteiger partial charge in [0.25, 0.3) is 5.91 Å². The zero-order valence-corrected chi connectivity index (χ0v) is 13.5. The smallest absolute Gasteiger partial charge is 0.326 e. The molecule has 2 atom stereocenters. The van der Waals surface area contributed by atoms with Gasteiger partial charge in [0, 0.05) is 7.11 Å². The Morgan fingerprint density at radius 3 is 2.17 bits per heavy atom. The van der Waals surface area contributed by atoms with Crippen LogP contribution in [0.1, 0.15) is 23.7 Å². The molecule has 0 spiro atoms. The molecular weight excluding hydrogens is 306 g/mol. The van der Waals surface area contributed by atoms with E-state index in [4.69, 9.17) is 4.74 Å². The third-order valence-electron chi connectivity index (χ3n) is 3.76. The summed E-state index contributed by atoms with van der Waals surface area (Å²) in [6.45, 7) is 0. The topological polar surface area (TPSA) is 75.6 Å². The van der Waals surface area contributed by atoms with Crippen molar-refractivity contribution in [2.75, 3.05) is 7.11 Å². The normalized spacial score (nSPS) is 13.0. The largest absolute Gasteiger partial charge is 0.480 e. The van der Waals surface area contributed by atoms with Gasteiger partial charge in [0.05, 0.1) is 0 Å². The first kappa shape index (κ1) is 17.7. The van der Waals surface area contributed by atoms with Crippen molar-refractivity contribution >= 4 is 11.9 Å². The highest BCUT2D eigenvalue weighted by molar-refractivity contribution is 5.87. The fraction of sp³-hybridized carbons (Fsp3) is 0.263. The number of benzene rings is 2. The summed E-state index contributed by atoms with van der Waals surface area (Å²) in [4.78, 5) is 23.8. The Hall–Kier alpha value is -2.66. The van der Waals surface area contributed by atoms with Gasteiger partial charge < -0.3 is 15.2 Å². The maximum Gasteiger partial charge on any atom is 0.326 e. The molecule has 0 aromatic heterocycles. The van der Waals surface area contributed by atoms with E-state index >= 15 is 0 Å². The van der Waals surface area contributed by atoms with Gasteiger partial charge in [-0.3, -0.25) is 4.79 Å². The molecule has 0 saturated carbocycles. The number of methoxy groups -OCH3 is 1. The second-order valence-electron chi connectivity index (χ2n) is 5.45. The first-order chi connectivity index (χ1) is 11.6. The van der Waals surface area contributed by atoms with Gasteiger partial charge in [-0.05, 0) is 24.0 Å². The van der Waals surface area contributed by atoms with E-state index in [1.807, 2.05) is 36.4 Å². The number of carboxylic acids is 1. The van der Waals surface area contributed by atoms with E-state index in [0.29, 0.717) is 18.4 Å². The molecule has 2 rings (SSSR count). The van der Waals surface area contributed by atoms with Crippen LogP contribution in [0.5, 0.6) is 0 Å². The predicted octanol–water partition coefficient (Wildman–Crippen LogP) is 2.58. The molecule has 5 heteroatoms. The highest BCUT2D eigenvalue weighted by Crippen LogP contribution is 2.17. The summed E-state index contributed by atoms with van der Waals surface area (Å²) in [5.41, 5.74) is 1.72. The highest BCUT2D eigenvalue weighted by Gasteiger charge is 2.26. The van der Waals surface area contributed by atoms with Crippen LogP contribution >= 0.6 is 0 Å². The summed E-state index contributed by atoms with van der Waals surface area (Å²) in [6, 6.07) is 17.6. The molecule has 0 bridgehead atoms. The third-order valence-corrected chi connectivity index (χ3v) is 3.76. The van der Waals surface area contributed by atoms with E-state index in [9.17, 15) is 14.7 Å². The number of amides is 1. The Morgan fingerprint density at radius 2 is 1.62 bits per heavy atom. The molecule has 0 unspecified atom stereocenters. The third kappa shape index (κ3) is 4.93. The van der Waals surface area contributed by atoms with Crippen LogP contribution in [-0.2, 0) is 20.7 Å². The standard InChI is InChI=1S/C19H21NO4/c1-24-17(15-10-6-3-7-11-15)18(21)20-16(19(22)23)13-12-14-8-4-2-5-9-14/h2-11,16-17H,12-13H2,1H3,(H,20,21)(H,22,23)/t16-,17+/m0/s1. The summed E-state index contributed by atoms with van der Waals surface area (Å²) in [7, 11) is 1.43. The highest BCUT2D eigenvalue weighted by atomic mass is 16.5. The molecule has 126 valence electrons. The number of hydrogen-bond donors (Lipinski definition) is 2. The van der Waals surface area contributed by atoms with Crippen LogP contribution in [0.2, 0.25) is 0 Å². The van der Waals surface area contributed by atoms with Crippen molar-refractivity contribution in [1.82, 2.24) is 5.32 Å². The maximum atomic E-state index is 12.4. The average Bonchev–Trinajstić information content (AvgIpc) is 2.61. The Labute approximate surface area is 141 Å². The summed E-state index contributed by atoms with van der Waals surface area (Å²) in [5, 5.41) is 11.9. The molecule has 0 aliphatic heterocycles. The molecule has 0 aliphatic rings. The molecule has 2 aromatic rings. The molecule has 2 N–H and O–H groups in total. The van der Waals surface area contributed by atoms with Gasteiger partial charge in [0.15, 0.2) is 6.10 Å². The Kier molecular flexibility index (Phi) is 6.51. The van der Waals surface area contributed by atoms with Gasteiger partial charge >= 0.3 is 5.97 Å². The van der Waals surface area contributed by atoms with Crippen molar-refractivity contribution in [3.05, 3.63) is 71.8 Å². The Bertz CT molecular complexity index is 658. The molecule has 0 heterocycles. The van der Waals surface area contributed by atoms with Gasteiger partial charge in [-0.2, -0.15) is 0 Å². The van der Waals surface area contributed by atoms with Crippen molar-refractivity contribution < 1.29 is 19.4 Å². The number of carboxylic acid groups (broad SMARTS) is 1. The molecule has 5 nitrogen and oxygen atoms in total. The number of ether oxygens (including phenoxy) is 1. The van der Waals surface area contributed by atoms with Crippen molar-refractivity contribution in [1.29, 1.82) is 0 Å². The second kappa shape index (κ2) is 8.84. The van der Waals surface area contributed by atoms with E-state index in [-0.39, 0.29) is 0 Å². The summed E-state index contributed by atoms with van der Waals surface area (Å²) in [5.74, 6) is -1.51. The van der Waals surface area contributed by atoms with E-state index < -0.39 is 24.0 Å². The second-order valence-corrected chi connectivity index (χ2v) is 5.45. The lowest BCUT2D eigenvalue weighted by molar-refractivity contribution is -0.144. The van der Waals surface area contributed by atoms with E-state index in [1.54, 1.807) is 24.3 Å². The minimum absolute atomic E-state index is 0.316. The molecule has 2 aromatic carbocycles. The number of carbonyl (C=O) groups excluding carboxylic acids is 1. The van der Waals surface area contributed by atoms with Gasteiger partial charge in [-0.1, -0.05) is 60.7 Å². The van der Waals surface area contributed by atoms with E-state index in [0.717, 1.165) is 5.56 Å². The van der Waals surface area contributed by atoms with Crippen molar-refractivity contribution in [2.45, 2.75) is 25.0 Å². The molecule has 1 amide bonds. The lowest BCUT2D eigenvalue weighted by Crippen LogP contribution is -2.43. The van der Waals surface area contributed by atoms with Gasteiger partial charge in [0.2, 0.25) is 0 Å². The Morgan fingerprint density at radius 1 is 1.04 bits per heavy atom. The van der Waals surface area contributed by atoms with Crippen LogP contribution in [0.3, 0.4) is 0 Å². The van der Waals surface area contributed by atoms with Crippen molar-refractivity contribution in [3.8, 4) is 0 Å². The quantitative estimate of drug-likeness (QED) is 0.781. The number of carbonyl (C=O) groups is 2. The van der Waals surface area contributed by atoms with Crippen LogP contribution in [0, 0.1) is 0 Å². The number of aliphatic carboxylic acids is 1. The lowest BCUT2D eigenvalue weighted by Gasteiger charge is -2.19. The number of hydrogen-bond acceptors (Lipinski definition) is 3. The van der Waals surface area contributed by atoms with Crippen LogP contribution in [0.25, 0.3) is 0 Å². The maximum absolute atomic E-state index is 12.4. The predicted molar refractivity (Wildman–Crippen MR) is 90.5 cm³/mol. The first-order valence-electron chi connectivity index (χ1n) is 7.76. The molecule has 0 fully saturated rings. The summed E-state index contributed by atoms with van der Waals surface area (Å²) >= 11 is 0. The number of aryl methyl sites for hydroxylation is 1. The summed E-state index contributed by atoms with van der Waals surface area (Å²) < 4.78 is 5.24. The fourth-order valence-electron chi connectivity index (χ4n) is 2.48. The minimum Gasteiger partial charge on any atom is -0.480 e. The monoisotopic (exact) mass is 327 g/mol. The number of rotatable bonds is 8. The van der Waals surface area contributed by atoms with E-state index in [1.165, 1.54) is 7.11 Å². The van der Waals surface area contributed by atoms with E-state index in [2.05, 4.69) is 5.32 Å². The molecule has 0 radical (unpaired) electrons. The Balaban J connectivity index is 2.01. The lowest BCUT2D eigenvalue weighted by atomic mass is 10.0. The molecule has 0 saturated heterocycles. The number of nitrogens with one attached hydrogen (secondary N) is 1. The van der Waals surface area contributed by atoms with Crippen molar-refractivity contribution in [3.63, 3.8) is 0 Å². The summed E-state index contributed by atoms with van der Waals surface area (Å²) in [6.07, 6.45) is 0.0574. The zero-order chi connectivity index (χ0) is 17.4. The first-order valence-corrected chi connectivity index (χ1v) is 7.76. The molecular formula is C19H21NO4. The van der Waals surface area contributed by atoms with Crippen molar-refractivity contribution in [2.24, 2.45) is 0 Å². The van der Waals surface area contributed by atoms with Crippen LogP contribution in [0.15, 0.2) is 60.7 Å². The average molecular weight is 327 g/mol. The fourth-order valence-corrected chi connectivity index (χ4v) is 2.48.